The van der Waals surface area contributed by atoms with Crippen LogP contribution in [0.4, 0.5) is 0 Å². The van der Waals surface area contributed by atoms with E-state index in [0.717, 1.165) is 5.69 Å². The number of phenolic OH excluding ortho intramolecular Hbond substituents is 2. The molecule has 6 heteroatoms. The Morgan fingerprint density at radius 3 is 2.59 bits per heavy atom. The Morgan fingerprint density at radius 2 is 1.95 bits per heavy atom. The number of methoxy groups -OCH3 is 1. The van der Waals surface area contributed by atoms with Gasteiger partial charge in [0.1, 0.15) is 17.1 Å². The van der Waals surface area contributed by atoms with Gasteiger partial charge in [-0.1, -0.05) is 0 Å². The van der Waals surface area contributed by atoms with Crippen molar-refractivity contribution in [1.29, 1.82) is 0 Å². The minimum absolute atomic E-state index is 0.0715. The molecule has 0 aliphatic heterocycles. The molecule has 0 aliphatic carbocycles. The van der Waals surface area contributed by atoms with E-state index in [1.54, 1.807) is 26.2 Å². The maximum Gasteiger partial charge on any atom is 0.498 e. The lowest BCUT2D eigenvalue weighted by molar-refractivity contribution is -0.692. The van der Waals surface area contributed by atoms with Crippen molar-refractivity contribution in [1.82, 2.24) is 4.57 Å². The second-order valence-electron chi connectivity index (χ2n) is 4.99. The van der Waals surface area contributed by atoms with Crippen molar-refractivity contribution in [3.8, 4) is 17.2 Å². The lowest BCUT2D eigenvalue weighted by atomic mass is 10.1. The molecule has 6 nitrogen and oxygen atoms in total. The van der Waals surface area contributed by atoms with Crippen LogP contribution in [0.15, 0.2) is 23.0 Å². The summed E-state index contributed by atoms with van der Waals surface area (Å²) in [5, 5.41) is 19.9. The van der Waals surface area contributed by atoms with Crippen molar-refractivity contribution in [2.45, 2.75) is 6.92 Å². The molecule has 22 heavy (non-hydrogen) atoms. The Hall–Kier alpha value is -2.76. The number of hydrogen-bond donors (Lipinski definition) is 2. The van der Waals surface area contributed by atoms with Crippen molar-refractivity contribution in [2.75, 3.05) is 7.11 Å². The molecule has 0 saturated heterocycles. The Morgan fingerprint density at radius 1 is 1.27 bits per heavy atom. The minimum atomic E-state index is -0.154. The van der Waals surface area contributed by atoms with Crippen LogP contribution in [0.1, 0.15) is 17.0 Å². The van der Waals surface area contributed by atoms with Gasteiger partial charge >= 0.3 is 5.69 Å². The summed E-state index contributed by atoms with van der Waals surface area (Å²) in [5.41, 5.74) is 1.54. The van der Waals surface area contributed by atoms with Crippen LogP contribution in [0.2, 0.25) is 0 Å². The number of benzene rings is 1. The summed E-state index contributed by atoms with van der Waals surface area (Å²) >= 11 is 0. The van der Waals surface area contributed by atoms with Crippen LogP contribution in [-0.2, 0) is 14.1 Å². The van der Waals surface area contributed by atoms with Crippen molar-refractivity contribution in [3.63, 3.8) is 0 Å². The number of aromatic hydroxyl groups is 2. The van der Waals surface area contributed by atoms with Crippen LogP contribution in [0.5, 0.6) is 17.2 Å². The van der Waals surface area contributed by atoms with Gasteiger partial charge in [-0.3, -0.25) is 0 Å². The largest absolute Gasteiger partial charge is 0.507 e. The van der Waals surface area contributed by atoms with E-state index in [0.29, 0.717) is 5.69 Å². The maximum atomic E-state index is 12.0. The first-order chi connectivity index (χ1) is 10.4. The van der Waals surface area contributed by atoms with E-state index >= 15 is 0 Å². The van der Waals surface area contributed by atoms with Gasteiger partial charge in [0.15, 0.2) is 11.5 Å². The molecule has 1 aromatic heterocycles. The molecule has 2 rings (SSSR count). The van der Waals surface area contributed by atoms with Crippen LogP contribution in [0.25, 0.3) is 12.2 Å². The van der Waals surface area contributed by atoms with Crippen molar-refractivity contribution < 1.29 is 19.5 Å². The zero-order valence-electron chi connectivity index (χ0n) is 13.0. The molecule has 1 heterocycles. The third-order valence-electron chi connectivity index (χ3n) is 3.64. The standard InChI is InChI=1S/C16H18N2O4/c1-10-9-11(18(3)16(21)17(10)2)5-6-12-13(19)7-8-14(22-4)15(12)20/h5-9H,1-4H3,(H,19,20)/p+1. The fraction of sp³-hybridized carbons (Fsp3) is 0.250. The van der Waals surface area contributed by atoms with E-state index in [1.165, 1.54) is 28.4 Å². The molecule has 0 atom stereocenters. The first kappa shape index (κ1) is 15.6. The third-order valence-corrected chi connectivity index (χ3v) is 3.64. The Labute approximate surface area is 128 Å². The van der Waals surface area contributed by atoms with Crippen LogP contribution in [-0.4, -0.2) is 21.9 Å². The van der Waals surface area contributed by atoms with E-state index < -0.39 is 0 Å². The molecule has 2 N–H and O–H groups in total. The molecule has 0 spiro atoms. The third kappa shape index (κ3) is 2.67. The summed E-state index contributed by atoms with van der Waals surface area (Å²) in [7, 11) is 4.79. The normalized spacial score (nSPS) is 11.1. The summed E-state index contributed by atoms with van der Waals surface area (Å²) in [6.07, 6.45) is 3.20. The van der Waals surface area contributed by atoms with Crippen LogP contribution in [0, 0.1) is 6.92 Å². The number of aryl methyl sites for hydroxylation is 1. The lowest BCUT2D eigenvalue weighted by Gasteiger charge is -2.08. The number of rotatable bonds is 3. The Bertz CT molecular complexity index is 807. The van der Waals surface area contributed by atoms with Gasteiger partial charge in [0.25, 0.3) is 0 Å². The molecular weight excluding hydrogens is 284 g/mol. The van der Waals surface area contributed by atoms with Gasteiger partial charge in [0.2, 0.25) is 0 Å². The smallest absolute Gasteiger partial charge is 0.498 e. The predicted molar refractivity (Wildman–Crippen MR) is 82.8 cm³/mol. The van der Waals surface area contributed by atoms with Crippen molar-refractivity contribution >= 4 is 12.2 Å². The molecule has 2 aromatic rings. The van der Waals surface area contributed by atoms with Gasteiger partial charge < -0.3 is 14.9 Å². The Kier molecular flexibility index (Phi) is 4.21. The highest BCUT2D eigenvalue weighted by atomic mass is 16.5. The van der Waals surface area contributed by atoms with Crippen molar-refractivity contribution in [2.24, 2.45) is 14.1 Å². The summed E-state index contributed by atoms with van der Waals surface area (Å²) in [5.74, 6) is 0.0432. The Balaban J connectivity index is 2.53. The van der Waals surface area contributed by atoms with Gasteiger partial charge in [-0.15, -0.1) is 0 Å². The fourth-order valence-electron chi connectivity index (χ4n) is 2.13. The molecular formula is C16H19N2O4+. The molecule has 0 radical (unpaired) electrons. The highest BCUT2D eigenvalue weighted by Gasteiger charge is 2.13. The van der Waals surface area contributed by atoms with Crippen LogP contribution >= 0.6 is 0 Å². The summed E-state index contributed by atoms with van der Waals surface area (Å²) < 4.78 is 8.04. The number of hydrogen-bond acceptors (Lipinski definition) is 4. The first-order valence-electron chi connectivity index (χ1n) is 6.70. The van der Waals surface area contributed by atoms with E-state index in [9.17, 15) is 15.0 Å². The molecule has 0 aliphatic rings. The zero-order valence-corrected chi connectivity index (χ0v) is 13.0. The second kappa shape index (κ2) is 5.93. The van der Waals surface area contributed by atoms with E-state index in [-0.39, 0.29) is 28.5 Å². The van der Waals surface area contributed by atoms with Gasteiger partial charge in [-0.05, 0) is 31.2 Å². The minimum Gasteiger partial charge on any atom is -0.507 e. The molecule has 116 valence electrons. The average molecular weight is 303 g/mol. The molecule has 0 unspecified atom stereocenters. The highest BCUT2D eigenvalue weighted by Crippen LogP contribution is 2.36. The van der Waals surface area contributed by atoms with Crippen molar-refractivity contribution in [3.05, 3.63) is 45.6 Å². The van der Waals surface area contributed by atoms with Gasteiger partial charge in [0.05, 0.1) is 26.8 Å². The number of aromatic nitrogens is 2. The topological polar surface area (TPSA) is 75.6 Å². The number of ether oxygens (including phenoxy) is 1. The fourth-order valence-corrected chi connectivity index (χ4v) is 2.13. The van der Waals surface area contributed by atoms with Crippen LogP contribution in [0.3, 0.4) is 0 Å². The molecule has 0 saturated carbocycles. The van der Waals surface area contributed by atoms with Crippen LogP contribution < -0.4 is 15.0 Å². The number of phenols is 2. The maximum absolute atomic E-state index is 12.0. The SMILES string of the molecule is COc1ccc(O)c(C=Cc2cc(C)n(C)c(=O)[n+]2C)c1O. The van der Waals surface area contributed by atoms with Gasteiger partial charge in [-0.2, -0.15) is 13.9 Å². The van der Waals surface area contributed by atoms with Gasteiger partial charge in [0, 0.05) is 6.07 Å². The summed E-state index contributed by atoms with van der Waals surface area (Å²) in [6.45, 7) is 1.83. The van der Waals surface area contributed by atoms with E-state index in [4.69, 9.17) is 4.74 Å². The highest BCUT2D eigenvalue weighted by molar-refractivity contribution is 5.76. The molecule has 0 fully saturated rings. The zero-order chi connectivity index (χ0) is 16.4. The molecule has 0 bridgehead atoms. The molecule has 1 aromatic carbocycles. The molecule has 0 amide bonds. The lowest BCUT2D eigenvalue weighted by Crippen LogP contribution is -2.53. The summed E-state index contributed by atoms with van der Waals surface area (Å²) in [6, 6.07) is 4.75. The summed E-state index contributed by atoms with van der Waals surface area (Å²) in [4.78, 5) is 12.0. The van der Waals surface area contributed by atoms with Gasteiger partial charge in [-0.25, -0.2) is 0 Å². The number of nitrogens with zero attached hydrogens (tertiary/aromatic N) is 2. The average Bonchev–Trinajstić information content (AvgIpc) is 2.50. The predicted octanol–water partition coefficient (Wildman–Crippen LogP) is 1.11. The van der Waals surface area contributed by atoms with E-state index in [1.807, 2.05) is 13.0 Å². The second-order valence-corrected chi connectivity index (χ2v) is 4.99. The van der Waals surface area contributed by atoms with E-state index in [2.05, 4.69) is 0 Å². The monoisotopic (exact) mass is 303 g/mol. The quantitative estimate of drug-likeness (QED) is 0.833. The first-order valence-corrected chi connectivity index (χ1v) is 6.70.